The van der Waals surface area contributed by atoms with Crippen molar-refractivity contribution in [1.29, 1.82) is 0 Å². The van der Waals surface area contributed by atoms with E-state index in [1.54, 1.807) is 6.20 Å². The van der Waals surface area contributed by atoms with E-state index in [4.69, 9.17) is 9.47 Å². The van der Waals surface area contributed by atoms with Gasteiger partial charge >= 0.3 is 0 Å². The first-order valence-electron chi connectivity index (χ1n) is 3.71. The lowest BCUT2D eigenvalue weighted by Gasteiger charge is -2.07. The summed E-state index contributed by atoms with van der Waals surface area (Å²) in [6.07, 6.45) is 1.53. The summed E-state index contributed by atoms with van der Waals surface area (Å²) in [5, 5.41) is 0. The van der Waals surface area contributed by atoms with E-state index >= 15 is 0 Å². The molecule has 0 saturated carbocycles. The Hall–Kier alpha value is -0.450. The summed E-state index contributed by atoms with van der Waals surface area (Å²) in [5.41, 5.74) is 0.968. The first kappa shape index (κ1) is 8.16. The van der Waals surface area contributed by atoms with E-state index in [9.17, 15) is 0 Å². The largest absolute Gasteiger partial charge is 0.346 e. The second kappa shape index (κ2) is 3.51. The molecule has 2 heterocycles. The van der Waals surface area contributed by atoms with Crippen LogP contribution >= 0.6 is 15.9 Å². The maximum Gasteiger partial charge on any atom is 0.185 e. The lowest BCUT2D eigenvalue weighted by atomic mass is 10.3. The smallest absolute Gasteiger partial charge is 0.185 e. The highest BCUT2D eigenvalue weighted by atomic mass is 79.9. The molecule has 0 N–H and O–H groups in total. The van der Waals surface area contributed by atoms with Gasteiger partial charge in [0.25, 0.3) is 0 Å². The molecule has 2 rings (SSSR count). The third kappa shape index (κ3) is 1.65. The van der Waals surface area contributed by atoms with E-state index in [0.29, 0.717) is 13.2 Å². The van der Waals surface area contributed by atoms with E-state index in [1.807, 2.05) is 12.1 Å². The van der Waals surface area contributed by atoms with Gasteiger partial charge in [0, 0.05) is 11.8 Å². The van der Waals surface area contributed by atoms with Crippen molar-refractivity contribution in [2.75, 3.05) is 13.2 Å². The molecule has 0 radical (unpaired) electrons. The molecule has 0 spiro atoms. The van der Waals surface area contributed by atoms with Gasteiger partial charge in [0.1, 0.15) is 4.60 Å². The first-order chi connectivity index (χ1) is 5.86. The van der Waals surface area contributed by atoms with E-state index in [0.717, 1.165) is 10.2 Å². The molecule has 0 atom stereocenters. The molecular formula is C8H8BrNO2. The monoisotopic (exact) mass is 229 g/mol. The maximum atomic E-state index is 5.30. The van der Waals surface area contributed by atoms with Crippen LogP contribution in [0.3, 0.4) is 0 Å². The molecule has 0 aromatic carbocycles. The molecule has 1 aromatic heterocycles. The Kier molecular flexibility index (Phi) is 2.39. The summed E-state index contributed by atoms with van der Waals surface area (Å²) in [5.74, 6) is 0. The number of nitrogens with zero attached hydrogens (tertiary/aromatic N) is 1. The van der Waals surface area contributed by atoms with Gasteiger partial charge in [-0.05, 0) is 28.1 Å². The number of aromatic nitrogens is 1. The van der Waals surface area contributed by atoms with Crippen LogP contribution in [0.4, 0.5) is 0 Å². The highest BCUT2D eigenvalue weighted by Gasteiger charge is 2.17. The van der Waals surface area contributed by atoms with Crippen LogP contribution in [0.25, 0.3) is 0 Å². The lowest BCUT2D eigenvalue weighted by Crippen LogP contribution is -1.97. The van der Waals surface area contributed by atoms with Gasteiger partial charge in [-0.25, -0.2) is 4.98 Å². The Balaban J connectivity index is 2.17. The Bertz CT molecular complexity index is 256. The first-order valence-corrected chi connectivity index (χ1v) is 4.50. The van der Waals surface area contributed by atoms with Crippen molar-refractivity contribution >= 4 is 15.9 Å². The molecule has 0 amide bonds. The summed E-state index contributed by atoms with van der Waals surface area (Å²) < 4.78 is 11.4. The van der Waals surface area contributed by atoms with Gasteiger partial charge in [-0.15, -0.1) is 0 Å². The zero-order valence-electron chi connectivity index (χ0n) is 6.37. The van der Waals surface area contributed by atoms with E-state index in [-0.39, 0.29) is 6.29 Å². The van der Waals surface area contributed by atoms with Crippen molar-refractivity contribution in [3.8, 4) is 0 Å². The van der Waals surface area contributed by atoms with Gasteiger partial charge in [-0.3, -0.25) is 0 Å². The van der Waals surface area contributed by atoms with Crippen LogP contribution in [0.2, 0.25) is 0 Å². The summed E-state index contributed by atoms with van der Waals surface area (Å²) in [6, 6.07) is 3.81. The van der Waals surface area contributed by atoms with Gasteiger partial charge in [-0.1, -0.05) is 0 Å². The molecule has 64 valence electrons. The number of hydrogen-bond acceptors (Lipinski definition) is 3. The van der Waals surface area contributed by atoms with Gasteiger partial charge in [0.05, 0.1) is 13.2 Å². The summed E-state index contributed by atoms with van der Waals surface area (Å²) >= 11 is 3.26. The number of ether oxygens (including phenoxy) is 2. The third-order valence-corrected chi connectivity index (χ3v) is 2.11. The van der Waals surface area contributed by atoms with Gasteiger partial charge in [-0.2, -0.15) is 0 Å². The molecule has 0 unspecified atom stereocenters. The molecule has 1 aliphatic rings. The van der Waals surface area contributed by atoms with Crippen molar-refractivity contribution < 1.29 is 9.47 Å². The average molecular weight is 230 g/mol. The highest BCUT2D eigenvalue weighted by Crippen LogP contribution is 2.22. The number of halogens is 1. The van der Waals surface area contributed by atoms with Crippen LogP contribution in [0.5, 0.6) is 0 Å². The molecule has 1 fully saturated rings. The summed E-state index contributed by atoms with van der Waals surface area (Å²) in [6.45, 7) is 1.33. The zero-order valence-corrected chi connectivity index (χ0v) is 7.95. The second-order valence-corrected chi connectivity index (χ2v) is 3.30. The van der Waals surface area contributed by atoms with Crippen molar-refractivity contribution in [3.63, 3.8) is 0 Å². The minimum Gasteiger partial charge on any atom is -0.346 e. The van der Waals surface area contributed by atoms with Crippen LogP contribution in [-0.2, 0) is 9.47 Å². The van der Waals surface area contributed by atoms with Gasteiger partial charge in [0.15, 0.2) is 6.29 Å². The predicted octanol–water partition coefficient (Wildman–Crippen LogP) is 1.89. The van der Waals surface area contributed by atoms with Crippen LogP contribution in [-0.4, -0.2) is 18.2 Å². The van der Waals surface area contributed by atoms with Gasteiger partial charge in [0.2, 0.25) is 0 Å². The molecular weight excluding hydrogens is 222 g/mol. The van der Waals surface area contributed by atoms with Crippen molar-refractivity contribution in [1.82, 2.24) is 4.98 Å². The predicted molar refractivity (Wildman–Crippen MR) is 46.6 cm³/mol. The zero-order chi connectivity index (χ0) is 8.39. The van der Waals surface area contributed by atoms with Crippen LogP contribution < -0.4 is 0 Å². The van der Waals surface area contributed by atoms with Crippen LogP contribution in [0, 0.1) is 0 Å². The Morgan fingerprint density at radius 1 is 1.33 bits per heavy atom. The quantitative estimate of drug-likeness (QED) is 0.690. The summed E-state index contributed by atoms with van der Waals surface area (Å²) in [4.78, 5) is 4.08. The number of pyridine rings is 1. The molecule has 0 aliphatic carbocycles. The summed E-state index contributed by atoms with van der Waals surface area (Å²) in [7, 11) is 0. The lowest BCUT2D eigenvalue weighted by molar-refractivity contribution is -0.0443. The molecule has 1 aliphatic heterocycles. The standard InChI is InChI=1S/C8H8BrNO2/c9-7-2-1-6(5-10-7)8-11-3-4-12-8/h1-2,5,8H,3-4H2. The minimum atomic E-state index is -0.217. The highest BCUT2D eigenvalue weighted by molar-refractivity contribution is 9.10. The molecule has 4 heteroatoms. The van der Waals surface area contributed by atoms with Crippen molar-refractivity contribution in [2.24, 2.45) is 0 Å². The Morgan fingerprint density at radius 3 is 2.67 bits per heavy atom. The van der Waals surface area contributed by atoms with Crippen LogP contribution in [0.15, 0.2) is 22.9 Å². The number of hydrogen-bond donors (Lipinski definition) is 0. The fourth-order valence-electron chi connectivity index (χ4n) is 1.08. The minimum absolute atomic E-state index is 0.217. The molecule has 12 heavy (non-hydrogen) atoms. The average Bonchev–Trinajstić information content (AvgIpc) is 2.58. The molecule has 0 bridgehead atoms. The topological polar surface area (TPSA) is 31.4 Å². The third-order valence-electron chi connectivity index (χ3n) is 1.64. The van der Waals surface area contributed by atoms with E-state index in [1.165, 1.54) is 0 Å². The normalized spacial score (nSPS) is 18.4. The van der Waals surface area contributed by atoms with Crippen molar-refractivity contribution in [2.45, 2.75) is 6.29 Å². The second-order valence-electron chi connectivity index (χ2n) is 2.49. The molecule has 1 aromatic rings. The van der Waals surface area contributed by atoms with Crippen molar-refractivity contribution in [3.05, 3.63) is 28.5 Å². The van der Waals surface area contributed by atoms with E-state index < -0.39 is 0 Å². The van der Waals surface area contributed by atoms with Crippen LogP contribution in [0.1, 0.15) is 11.9 Å². The fraction of sp³-hybridized carbons (Fsp3) is 0.375. The molecule has 1 saturated heterocycles. The fourth-order valence-corrected chi connectivity index (χ4v) is 1.31. The van der Waals surface area contributed by atoms with E-state index in [2.05, 4.69) is 20.9 Å². The Labute approximate surface area is 78.8 Å². The SMILES string of the molecule is Brc1ccc(C2OCCO2)cn1. The van der Waals surface area contributed by atoms with Gasteiger partial charge < -0.3 is 9.47 Å². The maximum absolute atomic E-state index is 5.30. The Morgan fingerprint density at radius 2 is 2.08 bits per heavy atom. The molecule has 3 nitrogen and oxygen atoms in total. The number of rotatable bonds is 1.